The normalized spacial score (nSPS) is 11.9. The number of aryl methyl sites for hydroxylation is 2. The van der Waals surface area contributed by atoms with Gasteiger partial charge in [-0.3, -0.25) is 14.8 Å². The summed E-state index contributed by atoms with van der Waals surface area (Å²) in [7, 11) is 0. The molecule has 5 heteroatoms. The van der Waals surface area contributed by atoms with Crippen molar-refractivity contribution in [2.45, 2.75) is 32.4 Å². The summed E-state index contributed by atoms with van der Waals surface area (Å²) in [5.41, 5.74) is 8.67. The third-order valence-electron chi connectivity index (χ3n) is 3.20. The molecule has 0 saturated heterocycles. The molecule has 0 aliphatic rings. The summed E-state index contributed by atoms with van der Waals surface area (Å²) in [4.78, 5) is 20.2. The molecular formula is C16H20N4O. The van der Waals surface area contributed by atoms with Gasteiger partial charge in [-0.1, -0.05) is 30.3 Å². The molecule has 0 aliphatic heterocycles. The highest BCUT2D eigenvalue weighted by Gasteiger charge is 2.13. The van der Waals surface area contributed by atoms with E-state index in [1.807, 2.05) is 37.3 Å². The van der Waals surface area contributed by atoms with Crippen LogP contribution in [0.5, 0.6) is 0 Å². The van der Waals surface area contributed by atoms with Crippen molar-refractivity contribution < 1.29 is 4.79 Å². The molecule has 1 atom stereocenters. The van der Waals surface area contributed by atoms with E-state index in [0.717, 1.165) is 17.8 Å². The summed E-state index contributed by atoms with van der Waals surface area (Å²) in [6.07, 6.45) is 4.75. The monoisotopic (exact) mass is 284 g/mol. The summed E-state index contributed by atoms with van der Waals surface area (Å²) in [5.74, 6) is -0.159. The summed E-state index contributed by atoms with van der Waals surface area (Å²) >= 11 is 0. The van der Waals surface area contributed by atoms with Gasteiger partial charge in [-0.15, -0.1) is 0 Å². The van der Waals surface area contributed by atoms with Crippen molar-refractivity contribution in [3.63, 3.8) is 0 Å². The molecule has 21 heavy (non-hydrogen) atoms. The van der Waals surface area contributed by atoms with E-state index in [9.17, 15) is 4.79 Å². The van der Waals surface area contributed by atoms with E-state index in [1.165, 1.54) is 5.56 Å². The maximum absolute atomic E-state index is 11.9. The minimum absolute atomic E-state index is 0.159. The first-order valence-corrected chi connectivity index (χ1v) is 7.00. The summed E-state index contributed by atoms with van der Waals surface area (Å²) < 4.78 is 0. The lowest BCUT2D eigenvalue weighted by Crippen LogP contribution is -2.40. The highest BCUT2D eigenvalue weighted by molar-refractivity contribution is 5.81. The molecule has 0 unspecified atom stereocenters. The van der Waals surface area contributed by atoms with Gasteiger partial charge in [0.25, 0.3) is 0 Å². The van der Waals surface area contributed by atoms with Crippen LogP contribution >= 0.6 is 0 Å². The number of carbonyl (C=O) groups excluding carboxylic acids is 1. The minimum Gasteiger partial charge on any atom is -0.349 e. The minimum atomic E-state index is -0.511. The third kappa shape index (κ3) is 4.96. The highest BCUT2D eigenvalue weighted by atomic mass is 16.2. The lowest BCUT2D eigenvalue weighted by Gasteiger charge is -2.12. The van der Waals surface area contributed by atoms with Crippen LogP contribution in [0.3, 0.4) is 0 Å². The maximum Gasteiger partial charge on any atom is 0.237 e. The third-order valence-corrected chi connectivity index (χ3v) is 3.20. The molecule has 0 aliphatic carbocycles. The lowest BCUT2D eigenvalue weighted by molar-refractivity contribution is -0.122. The molecule has 0 saturated carbocycles. The Morgan fingerprint density at radius 3 is 2.67 bits per heavy atom. The Hall–Kier alpha value is -2.27. The van der Waals surface area contributed by atoms with Crippen molar-refractivity contribution in [2.24, 2.45) is 5.73 Å². The molecule has 2 aromatic rings. The zero-order valence-electron chi connectivity index (χ0n) is 12.1. The van der Waals surface area contributed by atoms with Crippen LogP contribution in [0.2, 0.25) is 0 Å². The second-order valence-corrected chi connectivity index (χ2v) is 5.00. The number of amides is 1. The molecule has 3 N–H and O–H groups in total. The number of nitrogens with two attached hydrogens (primary N) is 1. The van der Waals surface area contributed by atoms with Crippen LogP contribution < -0.4 is 11.1 Å². The number of hydrogen-bond acceptors (Lipinski definition) is 4. The molecule has 1 aromatic carbocycles. The van der Waals surface area contributed by atoms with Crippen molar-refractivity contribution in [2.75, 3.05) is 0 Å². The second-order valence-electron chi connectivity index (χ2n) is 5.00. The Morgan fingerprint density at radius 1 is 1.24 bits per heavy atom. The van der Waals surface area contributed by atoms with Gasteiger partial charge in [-0.25, -0.2) is 0 Å². The molecule has 0 radical (unpaired) electrons. The van der Waals surface area contributed by atoms with Gasteiger partial charge in [0, 0.05) is 6.20 Å². The Balaban J connectivity index is 1.76. The zero-order valence-corrected chi connectivity index (χ0v) is 12.1. The van der Waals surface area contributed by atoms with Crippen LogP contribution in [-0.4, -0.2) is 21.9 Å². The van der Waals surface area contributed by atoms with Gasteiger partial charge in [0.2, 0.25) is 5.91 Å². The Bertz CT molecular complexity index is 569. The lowest BCUT2D eigenvalue weighted by atomic mass is 10.1. The maximum atomic E-state index is 11.9. The van der Waals surface area contributed by atoms with Gasteiger partial charge >= 0.3 is 0 Å². The molecular weight excluding hydrogens is 264 g/mol. The average Bonchev–Trinajstić information content (AvgIpc) is 2.52. The number of benzene rings is 1. The summed E-state index contributed by atoms with van der Waals surface area (Å²) in [6.45, 7) is 2.22. The van der Waals surface area contributed by atoms with E-state index in [2.05, 4.69) is 15.3 Å². The number of aromatic nitrogens is 2. The summed E-state index contributed by atoms with van der Waals surface area (Å²) in [5, 5.41) is 2.79. The first-order chi connectivity index (χ1) is 10.1. The fourth-order valence-electron chi connectivity index (χ4n) is 1.92. The molecule has 110 valence electrons. The molecule has 2 rings (SSSR count). The molecule has 1 amide bonds. The topological polar surface area (TPSA) is 80.9 Å². The first kappa shape index (κ1) is 15.1. The molecule has 0 bridgehead atoms. The van der Waals surface area contributed by atoms with Gasteiger partial charge in [0.1, 0.15) is 0 Å². The smallest absolute Gasteiger partial charge is 0.237 e. The van der Waals surface area contributed by atoms with E-state index >= 15 is 0 Å². The van der Waals surface area contributed by atoms with Crippen molar-refractivity contribution in [3.8, 4) is 0 Å². The van der Waals surface area contributed by atoms with Gasteiger partial charge in [-0.05, 0) is 25.3 Å². The van der Waals surface area contributed by atoms with Crippen LogP contribution in [-0.2, 0) is 17.8 Å². The number of nitrogens with zero attached hydrogens (tertiary/aromatic N) is 2. The van der Waals surface area contributed by atoms with Crippen LogP contribution in [0.4, 0.5) is 0 Å². The van der Waals surface area contributed by atoms with E-state index in [4.69, 9.17) is 5.73 Å². The van der Waals surface area contributed by atoms with Crippen LogP contribution in [0, 0.1) is 6.92 Å². The fraction of sp³-hybridized carbons (Fsp3) is 0.312. The van der Waals surface area contributed by atoms with Gasteiger partial charge < -0.3 is 11.1 Å². The van der Waals surface area contributed by atoms with E-state index in [0.29, 0.717) is 13.0 Å². The van der Waals surface area contributed by atoms with Crippen molar-refractivity contribution in [1.29, 1.82) is 0 Å². The molecule has 1 aromatic heterocycles. The molecule has 0 fully saturated rings. The average molecular weight is 284 g/mol. The standard InChI is InChI=1S/C16H20N4O/c1-12-9-19-14(10-18-12)11-20-16(21)15(17)8-7-13-5-3-2-4-6-13/h2-6,9-10,15H,7-8,11,17H2,1H3,(H,20,21)/t15-/m0/s1. The van der Waals surface area contributed by atoms with Crippen LogP contribution in [0.25, 0.3) is 0 Å². The number of hydrogen-bond donors (Lipinski definition) is 2. The fourth-order valence-corrected chi connectivity index (χ4v) is 1.92. The predicted molar refractivity (Wildman–Crippen MR) is 81.4 cm³/mol. The van der Waals surface area contributed by atoms with Crippen LogP contribution in [0.1, 0.15) is 23.4 Å². The SMILES string of the molecule is Cc1cnc(CNC(=O)[C@@H](N)CCc2ccccc2)cn1. The predicted octanol–water partition coefficient (Wildman–Crippen LogP) is 1.36. The van der Waals surface area contributed by atoms with E-state index in [1.54, 1.807) is 12.4 Å². The number of nitrogens with one attached hydrogen (secondary N) is 1. The van der Waals surface area contributed by atoms with Gasteiger partial charge in [0.15, 0.2) is 0 Å². The Kier molecular flexibility index (Phi) is 5.40. The van der Waals surface area contributed by atoms with Gasteiger partial charge in [-0.2, -0.15) is 0 Å². The van der Waals surface area contributed by atoms with Crippen molar-refractivity contribution in [3.05, 3.63) is 59.7 Å². The highest BCUT2D eigenvalue weighted by Crippen LogP contribution is 2.04. The quantitative estimate of drug-likeness (QED) is 0.839. The Morgan fingerprint density at radius 2 is 2.00 bits per heavy atom. The van der Waals surface area contributed by atoms with Gasteiger partial charge in [0.05, 0.1) is 30.2 Å². The van der Waals surface area contributed by atoms with Crippen LogP contribution in [0.15, 0.2) is 42.7 Å². The molecule has 1 heterocycles. The first-order valence-electron chi connectivity index (χ1n) is 7.00. The number of rotatable bonds is 6. The molecule has 0 spiro atoms. The Labute approximate surface area is 124 Å². The second kappa shape index (κ2) is 7.50. The zero-order chi connectivity index (χ0) is 15.1. The molecule has 5 nitrogen and oxygen atoms in total. The summed E-state index contributed by atoms with van der Waals surface area (Å²) in [6, 6.07) is 9.50. The number of carbonyl (C=O) groups is 1. The largest absolute Gasteiger partial charge is 0.349 e. The van der Waals surface area contributed by atoms with E-state index in [-0.39, 0.29) is 5.91 Å². The van der Waals surface area contributed by atoms with Crippen molar-refractivity contribution in [1.82, 2.24) is 15.3 Å². The van der Waals surface area contributed by atoms with E-state index < -0.39 is 6.04 Å². The van der Waals surface area contributed by atoms with Crippen molar-refractivity contribution >= 4 is 5.91 Å².